The van der Waals surface area contributed by atoms with Crippen molar-refractivity contribution >= 4 is 23.6 Å². The number of hydrogen-bond acceptors (Lipinski definition) is 4. The molecular weight excluding hydrogens is 376 g/mol. The Hall–Kier alpha value is -4.17. The van der Waals surface area contributed by atoms with Crippen molar-refractivity contribution in [1.82, 2.24) is 0 Å². The Morgan fingerprint density at radius 1 is 0.933 bits per heavy atom. The zero-order valence-corrected chi connectivity index (χ0v) is 16.5. The normalized spacial score (nSPS) is 10.7. The molecule has 0 spiro atoms. The molecule has 3 aromatic rings. The zero-order chi connectivity index (χ0) is 21.3. The van der Waals surface area contributed by atoms with Crippen LogP contribution in [0, 0.1) is 11.3 Å². The first kappa shape index (κ1) is 20.6. The van der Waals surface area contributed by atoms with Crippen molar-refractivity contribution in [2.75, 3.05) is 11.9 Å². The molecule has 0 aliphatic rings. The fraction of sp³-hybridized carbons (Fsp3) is 0.0800. The van der Waals surface area contributed by atoms with E-state index in [0.29, 0.717) is 17.9 Å². The van der Waals surface area contributed by atoms with E-state index in [0.717, 1.165) is 16.7 Å². The van der Waals surface area contributed by atoms with Gasteiger partial charge in [-0.1, -0.05) is 54.6 Å². The van der Waals surface area contributed by atoms with E-state index in [9.17, 15) is 14.9 Å². The Kier molecular flexibility index (Phi) is 6.75. The van der Waals surface area contributed by atoms with E-state index >= 15 is 0 Å². The smallest absolute Gasteiger partial charge is 0.338 e. The number of anilines is 1. The maximum Gasteiger partial charge on any atom is 0.338 e. The Morgan fingerprint density at radius 3 is 2.17 bits per heavy atom. The molecule has 3 rings (SSSR count). The van der Waals surface area contributed by atoms with Crippen molar-refractivity contribution in [1.29, 1.82) is 5.26 Å². The molecule has 5 heteroatoms. The topological polar surface area (TPSA) is 79.2 Å². The molecule has 0 aromatic heterocycles. The van der Waals surface area contributed by atoms with Gasteiger partial charge >= 0.3 is 5.97 Å². The number of benzene rings is 3. The molecule has 0 radical (unpaired) electrons. The second-order valence-corrected chi connectivity index (χ2v) is 6.41. The van der Waals surface area contributed by atoms with Gasteiger partial charge in [-0.2, -0.15) is 5.26 Å². The molecular formula is C25H20N2O3. The molecule has 0 saturated carbocycles. The van der Waals surface area contributed by atoms with E-state index < -0.39 is 11.9 Å². The molecule has 0 heterocycles. The van der Waals surface area contributed by atoms with Gasteiger partial charge in [0.05, 0.1) is 12.2 Å². The van der Waals surface area contributed by atoms with Gasteiger partial charge in [-0.05, 0) is 54.0 Å². The van der Waals surface area contributed by atoms with Gasteiger partial charge < -0.3 is 10.1 Å². The van der Waals surface area contributed by atoms with Crippen molar-refractivity contribution in [3.8, 4) is 17.2 Å². The average Bonchev–Trinajstić information content (AvgIpc) is 2.79. The number of ether oxygens (including phenoxy) is 1. The van der Waals surface area contributed by atoms with Gasteiger partial charge in [-0.15, -0.1) is 0 Å². The van der Waals surface area contributed by atoms with Gasteiger partial charge in [0, 0.05) is 5.69 Å². The van der Waals surface area contributed by atoms with Crippen LogP contribution in [0.5, 0.6) is 0 Å². The quantitative estimate of drug-likeness (QED) is 0.358. The number of nitriles is 1. The van der Waals surface area contributed by atoms with Crippen LogP contribution in [0.4, 0.5) is 5.69 Å². The van der Waals surface area contributed by atoms with Crippen molar-refractivity contribution < 1.29 is 14.3 Å². The first-order chi connectivity index (χ1) is 14.6. The lowest BCUT2D eigenvalue weighted by Gasteiger charge is -2.06. The predicted octanol–water partition coefficient (Wildman–Crippen LogP) is 5.08. The van der Waals surface area contributed by atoms with Crippen molar-refractivity contribution in [3.05, 3.63) is 95.6 Å². The third-order valence-corrected chi connectivity index (χ3v) is 4.35. The predicted molar refractivity (Wildman–Crippen MR) is 116 cm³/mol. The van der Waals surface area contributed by atoms with Crippen LogP contribution in [0.25, 0.3) is 17.2 Å². The third kappa shape index (κ3) is 5.21. The van der Waals surface area contributed by atoms with Gasteiger partial charge in [0.25, 0.3) is 5.91 Å². The summed E-state index contributed by atoms with van der Waals surface area (Å²) in [5.74, 6) is -0.944. The summed E-state index contributed by atoms with van der Waals surface area (Å²) in [6, 6.07) is 25.8. The highest BCUT2D eigenvalue weighted by molar-refractivity contribution is 6.09. The summed E-state index contributed by atoms with van der Waals surface area (Å²) < 4.78 is 4.93. The molecule has 0 atom stereocenters. The number of nitrogens with zero attached hydrogens (tertiary/aromatic N) is 1. The molecule has 0 bridgehead atoms. The van der Waals surface area contributed by atoms with Crippen molar-refractivity contribution in [2.45, 2.75) is 6.92 Å². The Bertz CT molecular complexity index is 1090. The van der Waals surface area contributed by atoms with Gasteiger partial charge in [0.1, 0.15) is 11.6 Å². The summed E-state index contributed by atoms with van der Waals surface area (Å²) in [6.45, 7) is 2.03. The van der Waals surface area contributed by atoms with E-state index in [1.807, 2.05) is 60.7 Å². The second-order valence-electron chi connectivity index (χ2n) is 6.41. The average molecular weight is 396 g/mol. The fourth-order valence-corrected chi connectivity index (χ4v) is 2.82. The lowest BCUT2D eigenvalue weighted by atomic mass is 10.0. The van der Waals surface area contributed by atoms with Crippen molar-refractivity contribution in [3.63, 3.8) is 0 Å². The summed E-state index contributed by atoms with van der Waals surface area (Å²) in [5, 5.41) is 12.1. The highest BCUT2D eigenvalue weighted by atomic mass is 16.5. The molecule has 0 aliphatic carbocycles. The number of carbonyl (C=O) groups excluding carboxylic acids is 2. The van der Waals surface area contributed by atoms with Crippen LogP contribution >= 0.6 is 0 Å². The molecule has 1 amide bonds. The number of nitrogens with one attached hydrogen (secondary N) is 1. The summed E-state index contributed by atoms with van der Waals surface area (Å²) in [6.07, 6.45) is 1.54. The molecule has 0 unspecified atom stereocenters. The van der Waals surface area contributed by atoms with Crippen LogP contribution in [-0.4, -0.2) is 18.5 Å². The first-order valence-electron chi connectivity index (χ1n) is 9.46. The third-order valence-electron chi connectivity index (χ3n) is 4.35. The van der Waals surface area contributed by atoms with Crippen LogP contribution in [0.1, 0.15) is 22.8 Å². The molecule has 0 saturated heterocycles. The number of amides is 1. The minimum atomic E-state index is -0.520. The summed E-state index contributed by atoms with van der Waals surface area (Å²) >= 11 is 0. The Labute approximate surface area is 175 Å². The minimum Gasteiger partial charge on any atom is -0.462 e. The SMILES string of the molecule is CCOC(=O)c1ccc(NC(=O)/C(C#N)=C/c2ccc(-c3ccccc3)cc2)cc1. The van der Waals surface area contributed by atoms with Crippen molar-refractivity contribution in [2.24, 2.45) is 0 Å². The monoisotopic (exact) mass is 396 g/mol. The fourth-order valence-electron chi connectivity index (χ4n) is 2.82. The molecule has 30 heavy (non-hydrogen) atoms. The molecule has 148 valence electrons. The summed E-state index contributed by atoms with van der Waals surface area (Å²) in [4.78, 5) is 24.2. The number of carbonyl (C=O) groups is 2. The largest absolute Gasteiger partial charge is 0.462 e. The van der Waals surface area contributed by atoms with Gasteiger partial charge in [-0.3, -0.25) is 4.79 Å². The lowest BCUT2D eigenvalue weighted by molar-refractivity contribution is -0.112. The molecule has 0 aliphatic heterocycles. The van der Waals surface area contributed by atoms with Crippen LogP contribution in [-0.2, 0) is 9.53 Å². The maximum absolute atomic E-state index is 12.5. The second kappa shape index (κ2) is 9.85. The van der Waals surface area contributed by atoms with Crippen LogP contribution in [0.15, 0.2) is 84.4 Å². The minimum absolute atomic E-state index is 0.0167. The Morgan fingerprint density at radius 2 is 1.57 bits per heavy atom. The van der Waals surface area contributed by atoms with Crippen LogP contribution in [0.2, 0.25) is 0 Å². The van der Waals surface area contributed by atoms with E-state index in [-0.39, 0.29) is 5.57 Å². The summed E-state index contributed by atoms with van der Waals surface area (Å²) in [5.41, 5.74) is 3.75. The van der Waals surface area contributed by atoms with Gasteiger partial charge in [0.15, 0.2) is 0 Å². The lowest BCUT2D eigenvalue weighted by Crippen LogP contribution is -2.13. The molecule has 3 aromatic carbocycles. The van der Waals surface area contributed by atoms with Crippen LogP contribution < -0.4 is 5.32 Å². The van der Waals surface area contributed by atoms with E-state index in [2.05, 4.69) is 5.32 Å². The summed E-state index contributed by atoms with van der Waals surface area (Å²) in [7, 11) is 0. The maximum atomic E-state index is 12.5. The van der Waals surface area contributed by atoms with Crippen LogP contribution in [0.3, 0.4) is 0 Å². The first-order valence-corrected chi connectivity index (χ1v) is 9.46. The van der Waals surface area contributed by atoms with E-state index in [1.165, 1.54) is 6.08 Å². The molecule has 5 nitrogen and oxygen atoms in total. The number of esters is 1. The number of hydrogen-bond donors (Lipinski definition) is 1. The Balaban J connectivity index is 1.70. The van der Waals surface area contributed by atoms with Gasteiger partial charge in [-0.25, -0.2) is 4.79 Å². The molecule has 0 fully saturated rings. The van der Waals surface area contributed by atoms with Gasteiger partial charge in [0.2, 0.25) is 0 Å². The standard InChI is InChI=1S/C25H20N2O3/c1-2-30-25(29)21-12-14-23(15-13-21)27-24(28)22(17-26)16-18-8-10-20(11-9-18)19-6-4-3-5-7-19/h3-16H,2H2,1H3,(H,27,28)/b22-16+. The van der Waals surface area contributed by atoms with E-state index in [4.69, 9.17) is 4.74 Å². The zero-order valence-electron chi connectivity index (χ0n) is 16.5. The highest BCUT2D eigenvalue weighted by Crippen LogP contribution is 2.20. The molecule has 1 N–H and O–H groups in total. The number of rotatable bonds is 6. The highest BCUT2D eigenvalue weighted by Gasteiger charge is 2.11. The van der Waals surface area contributed by atoms with E-state index in [1.54, 1.807) is 31.2 Å².